The molecule has 3 aromatic carbocycles. The van der Waals surface area contributed by atoms with E-state index in [1.807, 2.05) is 60.7 Å². The summed E-state index contributed by atoms with van der Waals surface area (Å²) in [5, 5.41) is 1.71. The Labute approximate surface area is 193 Å². The van der Waals surface area contributed by atoms with Crippen LogP contribution in [0.25, 0.3) is 0 Å². The first-order valence-electron chi connectivity index (χ1n) is 11.4. The van der Waals surface area contributed by atoms with Crippen molar-refractivity contribution in [2.75, 3.05) is 16.6 Å². The van der Waals surface area contributed by atoms with E-state index in [4.69, 9.17) is 9.57 Å². The molecule has 168 valence electrons. The maximum Gasteiger partial charge on any atom is 0.266 e. The SMILES string of the molecule is CCCCOc1ccc(N2C(=O)[C@@H]3[C@H](ON(c4ccccc4)[C@@H]3c3ccccc3)C2=O)cc1. The van der Waals surface area contributed by atoms with Gasteiger partial charge in [0.25, 0.3) is 5.91 Å². The average Bonchev–Trinajstić information content (AvgIpc) is 3.37. The smallest absolute Gasteiger partial charge is 0.266 e. The molecule has 2 heterocycles. The molecule has 33 heavy (non-hydrogen) atoms. The Morgan fingerprint density at radius 3 is 2.15 bits per heavy atom. The molecule has 0 bridgehead atoms. The number of nitrogens with zero attached hydrogens (tertiary/aromatic N) is 2. The molecule has 2 amide bonds. The van der Waals surface area contributed by atoms with Crippen molar-refractivity contribution >= 4 is 23.2 Å². The number of carbonyl (C=O) groups is 2. The monoisotopic (exact) mass is 442 g/mol. The van der Waals surface area contributed by atoms with Gasteiger partial charge in [0, 0.05) is 0 Å². The molecule has 0 N–H and O–H groups in total. The number of unbranched alkanes of at least 4 members (excludes halogenated alkanes) is 1. The number of fused-ring (bicyclic) bond motifs is 1. The molecule has 6 nitrogen and oxygen atoms in total. The van der Waals surface area contributed by atoms with Crippen molar-refractivity contribution < 1.29 is 19.2 Å². The number of hydrogen-bond donors (Lipinski definition) is 0. The molecule has 5 rings (SSSR count). The molecular formula is C27H26N2O4. The topological polar surface area (TPSA) is 59.1 Å². The van der Waals surface area contributed by atoms with Gasteiger partial charge >= 0.3 is 0 Å². The lowest BCUT2D eigenvalue weighted by Crippen LogP contribution is -2.37. The molecule has 3 aromatic rings. The van der Waals surface area contributed by atoms with Crippen LogP contribution >= 0.6 is 0 Å². The van der Waals surface area contributed by atoms with Crippen molar-refractivity contribution in [2.24, 2.45) is 5.92 Å². The minimum absolute atomic E-state index is 0.253. The molecule has 0 aliphatic carbocycles. The fourth-order valence-corrected chi connectivity index (χ4v) is 4.48. The molecule has 2 aliphatic heterocycles. The summed E-state index contributed by atoms with van der Waals surface area (Å²) in [5.41, 5.74) is 2.27. The number of hydroxylamine groups is 1. The molecule has 2 fully saturated rings. The van der Waals surface area contributed by atoms with Gasteiger partial charge in [-0.3, -0.25) is 14.4 Å². The average molecular weight is 443 g/mol. The number of para-hydroxylation sites is 1. The van der Waals surface area contributed by atoms with Crippen molar-refractivity contribution in [3.63, 3.8) is 0 Å². The summed E-state index contributed by atoms with van der Waals surface area (Å²) in [6.07, 6.45) is 1.16. The molecule has 0 saturated carbocycles. The zero-order chi connectivity index (χ0) is 22.8. The summed E-state index contributed by atoms with van der Waals surface area (Å²) in [6, 6.07) is 26.0. The maximum absolute atomic E-state index is 13.6. The summed E-state index contributed by atoms with van der Waals surface area (Å²) in [7, 11) is 0. The fraction of sp³-hybridized carbons (Fsp3) is 0.259. The van der Waals surface area contributed by atoms with Gasteiger partial charge in [0.05, 0.1) is 24.0 Å². The van der Waals surface area contributed by atoms with E-state index in [9.17, 15) is 9.59 Å². The van der Waals surface area contributed by atoms with Crippen molar-refractivity contribution in [2.45, 2.75) is 31.9 Å². The van der Waals surface area contributed by atoms with Crippen LogP contribution in [0.3, 0.4) is 0 Å². The lowest BCUT2D eigenvalue weighted by Gasteiger charge is -2.28. The van der Waals surface area contributed by atoms with Crippen LogP contribution < -0.4 is 14.7 Å². The first-order valence-corrected chi connectivity index (χ1v) is 11.4. The fourth-order valence-electron chi connectivity index (χ4n) is 4.48. The second kappa shape index (κ2) is 9.08. The van der Waals surface area contributed by atoms with E-state index < -0.39 is 18.1 Å². The molecule has 3 atom stereocenters. The van der Waals surface area contributed by atoms with E-state index in [2.05, 4.69) is 6.92 Å². The normalized spacial score (nSPS) is 22.0. The molecule has 2 aliphatic rings. The second-order valence-corrected chi connectivity index (χ2v) is 8.28. The first-order chi connectivity index (χ1) is 16.2. The molecule has 6 heteroatoms. The van der Waals surface area contributed by atoms with E-state index in [1.165, 1.54) is 4.90 Å². The molecule has 0 spiro atoms. The summed E-state index contributed by atoms with van der Waals surface area (Å²) >= 11 is 0. The van der Waals surface area contributed by atoms with Gasteiger partial charge in [0.15, 0.2) is 6.10 Å². The van der Waals surface area contributed by atoms with Gasteiger partial charge in [-0.25, -0.2) is 9.96 Å². The maximum atomic E-state index is 13.6. The van der Waals surface area contributed by atoms with Crippen LogP contribution in [0.15, 0.2) is 84.9 Å². The summed E-state index contributed by atoms with van der Waals surface area (Å²) in [4.78, 5) is 34.4. The minimum Gasteiger partial charge on any atom is -0.494 e. The zero-order valence-corrected chi connectivity index (χ0v) is 18.5. The summed E-state index contributed by atoms with van der Waals surface area (Å²) < 4.78 is 5.71. The number of anilines is 2. The zero-order valence-electron chi connectivity index (χ0n) is 18.5. The lowest BCUT2D eigenvalue weighted by atomic mass is 9.90. The number of amides is 2. The predicted molar refractivity (Wildman–Crippen MR) is 126 cm³/mol. The van der Waals surface area contributed by atoms with Crippen LogP contribution in [-0.4, -0.2) is 24.5 Å². The van der Waals surface area contributed by atoms with Gasteiger partial charge in [0.2, 0.25) is 5.91 Å². The van der Waals surface area contributed by atoms with Crippen LogP contribution in [0.1, 0.15) is 31.4 Å². The largest absolute Gasteiger partial charge is 0.494 e. The van der Waals surface area contributed by atoms with Gasteiger partial charge in [-0.1, -0.05) is 61.9 Å². The Balaban J connectivity index is 1.45. The van der Waals surface area contributed by atoms with Gasteiger partial charge in [-0.05, 0) is 48.4 Å². The van der Waals surface area contributed by atoms with Crippen molar-refractivity contribution in [1.82, 2.24) is 0 Å². The van der Waals surface area contributed by atoms with E-state index in [0.717, 1.165) is 29.8 Å². The van der Waals surface area contributed by atoms with Crippen molar-refractivity contribution in [3.8, 4) is 5.75 Å². The van der Waals surface area contributed by atoms with Gasteiger partial charge in [-0.15, -0.1) is 0 Å². The Morgan fingerprint density at radius 1 is 0.818 bits per heavy atom. The number of rotatable bonds is 7. The van der Waals surface area contributed by atoms with Crippen LogP contribution in [-0.2, 0) is 14.4 Å². The molecular weight excluding hydrogens is 416 g/mol. The number of hydrogen-bond acceptors (Lipinski definition) is 5. The molecule has 0 radical (unpaired) electrons. The molecule has 0 unspecified atom stereocenters. The third-order valence-corrected chi connectivity index (χ3v) is 6.13. The van der Waals surface area contributed by atoms with E-state index in [-0.39, 0.29) is 11.8 Å². The lowest BCUT2D eigenvalue weighted by molar-refractivity contribution is -0.126. The second-order valence-electron chi connectivity index (χ2n) is 8.28. The minimum atomic E-state index is -0.872. The Morgan fingerprint density at radius 2 is 1.48 bits per heavy atom. The van der Waals surface area contributed by atoms with Gasteiger partial charge < -0.3 is 4.74 Å². The number of ether oxygens (including phenoxy) is 1. The van der Waals surface area contributed by atoms with Crippen LogP contribution in [0.4, 0.5) is 11.4 Å². The van der Waals surface area contributed by atoms with Crippen molar-refractivity contribution in [3.05, 3.63) is 90.5 Å². The van der Waals surface area contributed by atoms with E-state index >= 15 is 0 Å². The summed E-state index contributed by atoms with van der Waals surface area (Å²) in [6.45, 7) is 2.75. The van der Waals surface area contributed by atoms with Crippen LogP contribution in [0.5, 0.6) is 5.75 Å². The predicted octanol–water partition coefficient (Wildman–Crippen LogP) is 4.92. The van der Waals surface area contributed by atoms with Crippen LogP contribution in [0.2, 0.25) is 0 Å². The van der Waals surface area contributed by atoms with Crippen molar-refractivity contribution in [1.29, 1.82) is 0 Å². The number of carbonyl (C=O) groups excluding carboxylic acids is 2. The number of imide groups is 1. The quantitative estimate of drug-likeness (QED) is 0.384. The third kappa shape index (κ3) is 3.87. The highest BCUT2D eigenvalue weighted by atomic mass is 16.7. The highest BCUT2D eigenvalue weighted by Crippen LogP contribution is 2.47. The third-order valence-electron chi connectivity index (χ3n) is 6.13. The Hall–Kier alpha value is -3.64. The summed E-state index contributed by atoms with van der Waals surface area (Å²) in [5.74, 6) is -0.512. The van der Waals surface area contributed by atoms with E-state index in [1.54, 1.807) is 29.3 Å². The standard InChI is InChI=1S/C27H26N2O4/c1-2-3-18-32-22-16-14-20(15-17-22)28-26(30)23-24(19-10-6-4-7-11-19)29(33-25(23)27(28)31)21-12-8-5-9-13-21/h4-17,23-25H,2-3,18H2,1H3/t23-,24+,25-/m0/s1. The highest BCUT2D eigenvalue weighted by molar-refractivity contribution is 6.23. The van der Waals surface area contributed by atoms with Crippen LogP contribution in [0, 0.1) is 5.92 Å². The number of benzene rings is 3. The Bertz CT molecular complexity index is 1120. The first kappa shape index (κ1) is 21.2. The van der Waals surface area contributed by atoms with E-state index in [0.29, 0.717) is 12.3 Å². The van der Waals surface area contributed by atoms with Gasteiger partial charge in [0.1, 0.15) is 11.7 Å². The molecule has 2 saturated heterocycles. The Kier molecular flexibility index (Phi) is 5.84. The highest BCUT2D eigenvalue weighted by Gasteiger charge is 2.60. The van der Waals surface area contributed by atoms with Gasteiger partial charge in [-0.2, -0.15) is 0 Å². The molecule has 0 aromatic heterocycles.